The van der Waals surface area contributed by atoms with Crippen molar-refractivity contribution >= 4 is 18.3 Å². The average molecular weight is 313 g/mol. The molecule has 4 nitrogen and oxygen atoms in total. The average Bonchev–Trinajstić information content (AvgIpc) is 2.44. The van der Waals surface area contributed by atoms with Gasteiger partial charge in [-0.15, -0.1) is 12.4 Å². The molecule has 1 aromatic rings. The van der Waals surface area contributed by atoms with Crippen LogP contribution in [0.3, 0.4) is 0 Å². The highest BCUT2D eigenvalue weighted by molar-refractivity contribution is 5.85. The SMILES string of the molecule is CCOc1ccc(CC(=O)NC2CCCNC2C)cc1.Cl. The summed E-state index contributed by atoms with van der Waals surface area (Å²) in [4.78, 5) is 12.1. The minimum atomic E-state index is 0. The van der Waals surface area contributed by atoms with Crippen molar-refractivity contribution in [3.8, 4) is 5.75 Å². The van der Waals surface area contributed by atoms with E-state index < -0.39 is 0 Å². The number of carbonyl (C=O) groups excluding carboxylic acids is 1. The van der Waals surface area contributed by atoms with E-state index in [1.807, 2.05) is 31.2 Å². The Morgan fingerprint density at radius 3 is 2.71 bits per heavy atom. The molecule has 1 aliphatic rings. The molecule has 1 fully saturated rings. The van der Waals surface area contributed by atoms with Crippen molar-refractivity contribution in [1.82, 2.24) is 10.6 Å². The van der Waals surface area contributed by atoms with Gasteiger partial charge in [-0.05, 0) is 50.9 Å². The molecule has 1 amide bonds. The Balaban J connectivity index is 0.00000220. The zero-order valence-corrected chi connectivity index (χ0v) is 13.5. The zero-order chi connectivity index (χ0) is 14.4. The fourth-order valence-electron chi connectivity index (χ4n) is 2.55. The Kier molecular flexibility index (Phi) is 7.54. The summed E-state index contributed by atoms with van der Waals surface area (Å²) in [6, 6.07) is 8.33. The molecular weight excluding hydrogens is 288 g/mol. The Morgan fingerprint density at radius 1 is 1.38 bits per heavy atom. The molecule has 0 radical (unpaired) electrons. The van der Waals surface area contributed by atoms with E-state index in [0.717, 1.165) is 30.7 Å². The monoisotopic (exact) mass is 312 g/mol. The van der Waals surface area contributed by atoms with Gasteiger partial charge in [-0.2, -0.15) is 0 Å². The molecule has 0 saturated carbocycles. The third-order valence-corrected chi connectivity index (χ3v) is 3.71. The second kappa shape index (κ2) is 8.90. The van der Waals surface area contributed by atoms with Crippen LogP contribution in [0.5, 0.6) is 5.75 Å². The van der Waals surface area contributed by atoms with Crippen molar-refractivity contribution in [3.05, 3.63) is 29.8 Å². The molecule has 0 aliphatic carbocycles. The van der Waals surface area contributed by atoms with Crippen LogP contribution in [0.2, 0.25) is 0 Å². The number of benzene rings is 1. The molecule has 1 heterocycles. The van der Waals surface area contributed by atoms with Gasteiger partial charge in [-0.3, -0.25) is 4.79 Å². The molecule has 0 spiro atoms. The third-order valence-electron chi connectivity index (χ3n) is 3.71. The maximum atomic E-state index is 12.1. The summed E-state index contributed by atoms with van der Waals surface area (Å²) in [5.41, 5.74) is 1.02. The number of hydrogen-bond acceptors (Lipinski definition) is 3. The zero-order valence-electron chi connectivity index (χ0n) is 12.7. The molecule has 2 rings (SSSR count). The summed E-state index contributed by atoms with van der Waals surface area (Å²) < 4.78 is 5.39. The summed E-state index contributed by atoms with van der Waals surface area (Å²) in [6.45, 7) is 5.79. The predicted octanol–water partition coefficient (Wildman–Crippen LogP) is 2.31. The van der Waals surface area contributed by atoms with E-state index in [-0.39, 0.29) is 24.4 Å². The largest absolute Gasteiger partial charge is 0.494 e. The van der Waals surface area contributed by atoms with Gasteiger partial charge in [0, 0.05) is 12.1 Å². The number of rotatable bonds is 5. The van der Waals surface area contributed by atoms with Gasteiger partial charge in [0.15, 0.2) is 0 Å². The molecule has 1 saturated heterocycles. The first-order valence-electron chi connectivity index (χ1n) is 7.43. The van der Waals surface area contributed by atoms with E-state index in [9.17, 15) is 4.79 Å². The van der Waals surface area contributed by atoms with Crippen molar-refractivity contribution in [2.45, 2.75) is 45.2 Å². The van der Waals surface area contributed by atoms with Crippen LogP contribution < -0.4 is 15.4 Å². The Hall–Kier alpha value is -1.26. The normalized spacial score (nSPS) is 21.2. The van der Waals surface area contributed by atoms with Gasteiger partial charge >= 0.3 is 0 Å². The molecular formula is C16H25ClN2O2. The van der Waals surface area contributed by atoms with Crippen LogP contribution in [0.25, 0.3) is 0 Å². The predicted molar refractivity (Wildman–Crippen MR) is 87.2 cm³/mol. The first-order chi connectivity index (χ1) is 9.69. The number of piperidine rings is 1. The van der Waals surface area contributed by atoms with Crippen LogP contribution in [0.4, 0.5) is 0 Å². The highest BCUT2D eigenvalue weighted by Crippen LogP contribution is 2.13. The lowest BCUT2D eigenvalue weighted by Crippen LogP contribution is -2.52. The number of hydrogen-bond donors (Lipinski definition) is 2. The summed E-state index contributed by atoms with van der Waals surface area (Å²) in [5, 5.41) is 6.52. The molecule has 2 atom stereocenters. The summed E-state index contributed by atoms with van der Waals surface area (Å²) >= 11 is 0. The van der Waals surface area contributed by atoms with Crippen LogP contribution in [-0.2, 0) is 11.2 Å². The summed E-state index contributed by atoms with van der Waals surface area (Å²) in [7, 11) is 0. The van der Waals surface area contributed by atoms with E-state index in [1.165, 1.54) is 0 Å². The second-order valence-corrected chi connectivity index (χ2v) is 5.31. The quantitative estimate of drug-likeness (QED) is 0.877. The van der Waals surface area contributed by atoms with Crippen molar-refractivity contribution in [2.75, 3.05) is 13.2 Å². The molecule has 5 heteroatoms. The standard InChI is InChI=1S/C16H24N2O2.ClH/c1-3-20-14-8-6-13(7-9-14)11-16(19)18-15-5-4-10-17-12(15)2;/h6-9,12,15,17H,3-5,10-11H2,1-2H3,(H,18,19);1H. The fraction of sp³-hybridized carbons (Fsp3) is 0.562. The fourth-order valence-corrected chi connectivity index (χ4v) is 2.55. The van der Waals surface area contributed by atoms with Crippen LogP contribution >= 0.6 is 12.4 Å². The number of nitrogens with one attached hydrogen (secondary N) is 2. The lowest BCUT2D eigenvalue weighted by Gasteiger charge is -2.30. The Bertz CT molecular complexity index is 436. The maximum Gasteiger partial charge on any atom is 0.224 e. The number of amides is 1. The van der Waals surface area contributed by atoms with Crippen LogP contribution in [0.15, 0.2) is 24.3 Å². The first-order valence-corrected chi connectivity index (χ1v) is 7.43. The lowest BCUT2D eigenvalue weighted by atomic mass is 9.99. The Morgan fingerprint density at radius 2 is 2.10 bits per heavy atom. The molecule has 1 aromatic carbocycles. The molecule has 118 valence electrons. The molecule has 1 aliphatic heterocycles. The van der Waals surface area contributed by atoms with Gasteiger partial charge < -0.3 is 15.4 Å². The molecule has 2 N–H and O–H groups in total. The van der Waals surface area contributed by atoms with Gasteiger partial charge in [0.1, 0.15) is 5.75 Å². The number of ether oxygens (including phenoxy) is 1. The second-order valence-electron chi connectivity index (χ2n) is 5.31. The third kappa shape index (κ3) is 5.56. The lowest BCUT2D eigenvalue weighted by molar-refractivity contribution is -0.121. The van der Waals surface area contributed by atoms with Crippen molar-refractivity contribution in [2.24, 2.45) is 0 Å². The van der Waals surface area contributed by atoms with Crippen LogP contribution in [0.1, 0.15) is 32.3 Å². The van der Waals surface area contributed by atoms with E-state index in [2.05, 4.69) is 17.6 Å². The Labute approximate surface area is 133 Å². The van der Waals surface area contributed by atoms with E-state index in [0.29, 0.717) is 19.1 Å². The number of halogens is 1. The van der Waals surface area contributed by atoms with Gasteiger partial charge in [0.2, 0.25) is 5.91 Å². The van der Waals surface area contributed by atoms with Crippen molar-refractivity contribution < 1.29 is 9.53 Å². The smallest absolute Gasteiger partial charge is 0.224 e. The molecule has 0 bridgehead atoms. The van der Waals surface area contributed by atoms with E-state index in [4.69, 9.17) is 4.74 Å². The van der Waals surface area contributed by atoms with Gasteiger partial charge in [-0.25, -0.2) is 0 Å². The topological polar surface area (TPSA) is 50.4 Å². The van der Waals surface area contributed by atoms with Crippen LogP contribution in [-0.4, -0.2) is 31.1 Å². The first kappa shape index (κ1) is 17.8. The van der Waals surface area contributed by atoms with Gasteiger partial charge in [0.25, 0.3) is 0 Å². The summed E-state index contributed by atoms with van der Waals surface area (Å²) in [5.74, 6) is 0.941. The summed E-state index contributed by atoms with van der Waals surface area (Å²) in [6.07, 6.45) is 2.61. The minimum Gasteiger partial charge on any atom is -0.494 e. The van der Waals surface area contributed by atoms with Gasteiger partial charge in [-0.1, -0.05) is 12.1 Å². The maximum absolute atomic E-state index is 12.1. The molecule has 2 unspecified atom stereocenters. The number of carbonyl (C=O) groups is 1. The highest BCUT2D eigenvalue weighted by atomic mass is 35.5. The highest BCUT2D eigenvalue weighted by Gasteiger charge is 2.22. The van der Waals surface area contributed by atoms with Gasteiger partial charge in [0.05, 0.1) is 13.0 Å². The molecule has 21 heavy (non-hydrogen) atoms. The van der Waals surface area contributed by atoms with Crippen molar-refractivity contribution in [1.29, 1.82) is 0 Å². The van der Waals surface area contributed by atoms with E-state index >= 15 is 0 Å². The van der Waals surface area contributed by atoms with E-state index in [1.54, 1.807) is 0 Å². The van der Waals surface area contributed by atoms with Crippen LogP contribution in [0, 0.1) is 0 Å². The molecule has 0 aromatic heterocycles. The van der Waals surface area contributed by atoms with Crippen molar-refractivity contribution in [3.63, 3.8) is 0 Å². The minimum absolute atomic E-state index is 0.